The van der Waals surface area contributed by atoms with Gasteiger partial charge in [0.15, 0.2) is 6.61 Å². The topological polar surface area (TPSA) is 92.8 Å². The van der Waals surface area contributed by atoms with Gasteiger partial charge in [0.05, 0.1) is 10.5 Å². The van der Waals surface area contributed by atoms with E-state index in [0.717, 1.165) is 24.8 Å². The molecule has 30 heavy (non-hydrogen) atoms. The van der Waals surface area contributed by atoms with Crippen molar-refractivity contribution in [3.05, 3.63) is 59.7 Å². The lowest BCUT2D eigenvalue weighted by atomic mass is 10.1. The number of nitrogens with one attached hydrogen (secondary N) is 1. The zero-order valence-electron chi connectivity index (χ0n) is 17.1. The van der Waals surface area contributed by atoms with Crippen LogP contribution < -0.4 is 5.32 Å². The molecule has 3 rings (SSSR count). The average Bonchev–Trinajstić information content (AvgIpc) is 2.74. The summed E-state index contributed by atoms with van der Waals surface area (Å²) in [5.41, 5.74) is 1.87. The van der Waals surface area contributed by atoms with Crippen LogP contribution >= 0.6 is 0 Å². The van der Waals surface area contributed by atoms with Crippen LogP contribution in [0.3, 0.4) is 0 Å². The van der Waals surface area contributed by atoms with Crippen LogP contribution in [0.25, 0.3) is 0 Å². The first-order chi connectivity index (χ1) is 14.3. The minimum atomic E-state index is -3.60. The lowest BCUT2D eigenvalue weighted by Crippen LogP contribution is -2.41. The predicted molar refractivity (Wildman–Crippen MR) is 114 cm³/mol. The van der Waals surface area contributed by atoms with Crippen LogP contribution in [0.4, 0.5) is 5.69 Å². The van der Waals surface area contributed by atoms with E-state index in [-0.39, 0.29) is 16.5 Å². The highest BCUT2D eigenvalue weighted by molar-refractivity contribution is 7.89. The van der Waals surface area contributed by atoms with Gasteiger partial charge >= 0.3 is 5.97 Å². The third-order valence-corrected chi connectivity index (χ3v) is 7.14. The van der Waals surface area contributed by atoms with Gasteiger partial charge in [0.1, 0.15) is 0 Å². The first-order valence-corrected chi connectivity index (χ1v) is 11.4. The van der Waals surface area contributed by atoms with Crippen molar-refractivity contribution in [1.29, 1.82) is 0 Å². The van der Waals surface area contributed by atoms with Gasteiger partial charge in [-0.25, -0.2) is 13.2 Å². The number of sulfonamides is 1. The molecule has 0 bridgehead atoms. The summed E-state index contributed by atoms with van der Waals surface area (Å²) >= 11 is 0. The Morgan fingerprint density at radius 1 is 1.07 bits per heavy atom. The van der Waals surface area contributed by atoms with Gasteiger partial charge in [-0.15, -0.1) is 0 Å². The Labute approximate surface area is 177 Å². The summed E-state index contributed by atoms with van der Waals surface area (Å²) in [5, 5.41) is 2.64. The fraction of sp³-hybridized carbons (Fsp3) is 0.364. The third kappa shape index (κ3) is 5.25. The molecule has 1 unspecified atom stereocenters. The molecule has 160 valence electrons. The second-order valence-electron chi connectivity index (χ2n) is 7.48. The van der Waals surface area contributed by atoms with E-state index >= 15 is 0 Å². The maximum atomic E-state index is 12.8. The summed E-state index contributed by atoms with van der Waals surface area (Å²) in [5.74, 6) is -1.14. The molecule has 7 nitrogen and oxygen atoms in total. The van der Waals surface area contributed by atoms with E-state index in [1.165, 1.54) is 28.6 Å². The number of ether oxygens (including phenoxy) is 1. The number of carbonyl (C=O) groups excluding carboxylic acids is 2. The molecule has 0 aromatic heterocycles. The maximum Gasteiger partial charge on any atom is 0.338 e. The Morgan fingerprint density at radius 3 is 2.37 bits per heavy atom. The number of piperidine rings is 1. The van der Waals surface area contributed by atoms with Crippen LogP contribution in [0.5, 0.6) is 0 Å². The Morgan fingerprint density at radius 2 is 1.73 bits per heavy atom. The number of carbonyl (C=O) groups is 2. The Kier molecular flexibility index (Phi) is 6.89. The number of aryl methyl sites for hydroxylation is 1. The highest BCUT2D eigenvalue weighted by atomic mass is 32.2. The number of hydrogen-bond donors (Lipinski definition) is 1. The van der Waals surface area contributed by atoms with Crippen molar-refractivity contribution in [2.75, 3.05) is 18.5 Å². The van der Waals surface area contributed by atoms with E-state index in [2.05, 4.69) is 5.32 Å². The highest BCUT2D eigenvalue weighted by Gasteiger charge is 2.31. The quantitative estimate of drug-likeness (QED) is 0.710. The second kappa shape index (κ2) is 9.40. The first-order valence-electron chi connectivity index (χ1n) is 9.93. The molecule has 2 aromatic carbocycles. The zero-order valence-corrected chi connectivity index (χ0v) is 17.9. The van der Waals surface area contributed by atoms with Crippen molar-refractivity contribution >= 4 is 27.6 Å². The first kappa shape index (κ1) is 22.0. The SMILES string of the molecule is Cc1ccc(NC(=O)COC(=O)c2ccc(S(=O)(=O)N3CCCCC3C)cc2)cc1. The van der Waals surface area contributed by atoms with E-state index in [1.807, 2.05) is 26.0 Å². The van der Waals surface area contributed by atoms with Gasteiger partial charge in [0.25, 0.3) is 5.91 Å². The normalized spacial score (nSPS) is 17.3. The summed E-state index contributed by atoms with van der Waals surface area (Å²) in [6.45, 7) is 3.92. The van der Waals surface area contributed by atoms with E-state index in [0.29, 0.717) is 12.2 Å². The number of amides is 1. The van der Waals surface area contributed by atoms with Crippen LogP contribution in [0.2, 0.25) is 0 Å². The standard InChI is InChI=1S/C22H26N2O5S/c1-16-6-10-19(11-7-16)23-21(25)15-29-22(26)18-8-12-20(13-9-18)30(27,28)24-14-4-3-5-17(24)2/h6-13,17H,3-5,14-15H2,1-2H3,(H,23,25). The molecule has 1 heterocycles. The van der Waals surface area contributed by atoms with Crippen LogP contribution in [-0.2, 0) is 19.6 Å². The Balaban J connectivity index is 1.58. The minimum absolute atomic E-state index is 0.0413. The van der Waals surface area contributed by atoms with Crippen LogP contribution in [0.15, 0.2) is 53.4 Å². The van der Waals surface area contributed by atoms with Crippen LogP contribution in [-0.4, -0.2) is 43.8 Å². The number of benzene rings is 2. The molecule has 0 spiro atoms. The fourth-order valence-electron chi connectivity index (χ4n) is 3.38. The Bertz CT molecular complexity index is 1000. The molecule has 1 amide bonds. The lowest BCUT2D eigenvalue weighted by Gasteiger charge is -2.32. The van der Waals surface area contributed by atoms with Crippen molar-refractivity contribution in [1.82, 2.24) is 4.31 Å². The van der Waals surface area contributed by atoms with Crippen molar-refractivity contribution in [2.24, 2.45) is 0 Å². The Hall–Kier alpha value is -2.71. The van der Waals surface area contributed by atoms with Crippen LogP contribution in [0.1, 0.15) is 42.1 Å². The average molecular weight is 431 g/mol. The summed E-state index contributed by atoms with van der Waals surface area (Å²) in [7, 11) is -3.60. The van der Waals surface area contributed by atoms with E-state index in [4.69, 9.17) is 4.74 Å². The number of anilines is 1. The molecule has 1 aliphatic heterocycles. The van der Waals surface area contributed by atoms with Crippen molar-refractivity contribution < 1.29 is 22.7 Å². The van der Waals surface area contributed by atoms with Crippen molar-refractivity contribution in [2.45, 2.75) is 44.0 Å². The van der Waals surface area contributed by atoms with Crippen LogP contribution in [0, 0.1) is 6.92 Å². The monoisotopic (exact) mass is 430 g/mol. The minimum Gasteiger partial charge on any atom is -0.452 e. The largest absolute Gasteiger partial charge is 0.452 e. The zero-order chi connectivity index (χ0) is 21.7. The molecular weight excluding hydrogens is 404 g/mol. The van der Waals surface area contributed by atoms with E-state index in [9.17, 15) is 18.0 Å². The molecular formula is C22H26N2O5S. The van der Waals surface area contributed by atoms with E-state index in [1.54, 1.807) is 12.1 Å². The van der Waals surface area contributed by atoms with Gasteiger partial charge in [-0.2, -0.15) is 4.31 Å². The fourth-order valence-corrected chi connectivity index (χ4v) is 5.08. The summed E-state index contributed by atoms with van der Waals surface area (Å²) in [6, 6.07) is 12.8. The predicted octanol–water partition coefficient (Wildman–Crippen LogP) is 3.35. The third-order valence-electron chi connectivity index (χ3n) is 5.11. The molecule has 1 atom stereocenters. The molecule has 0 saturated carbocycles. The number of rotatable bonds is 6. The van der Waals surface area contributed by atoms with Gasteiger partial charge in [-0.1, -0.05) is 24.1 Å². The molecule has 2 aromatic rings. The number of nitrogens with zero attached hydrogens (tertiary/aromatic N) is 1. The van der Waals surface area contributed by atoms with Crippen molar-refractivity contribution in [3.8, 4) is 0 Å². The molecule has 1 fully saturated rings. The summed E-state index contributed by atoms with van der Waals surface area (Å²) < 4.78 is 32.2. The van der Waals surface area contributed by atoms with Crippen molar-refractivity contribution in [3.63, 3.8) is 0 Å². The van der Waals surface area contributed by atoms with E-state index < -0.39 is 28.5 Å². The number of esters is 1. The highest BCUT2D eigenvalue weighted by Crippen LogP contribution is 2.25. The maximum absolute atomic E-state index is 12.8. The van der Waals surface area contributed by atoms with Gasteiger partial charge in [0.2, 0.25) is 10.0 Å². The number of hydrogen-bond acceptors (Lipinski definition) is 5. The van der Waals surface area contributed by atoms with Gasteiger partial charge < -0.3 is 10.1 Å². The molecule has 1 aliphatic rings. The molecule has 1 N–H and O–H groups in total. The smallest absolute Gasteiger partial charge is 0.338 e. The van der Waals surface area contributed by atoms with Gasteiger partial charge in [-0.3, -0.25) is 4.79 Å². The van der Waals surface area contributed by atoms with Gasteiger partial charge in [0, 0.05) is 18.3 Å². The second-order valence-corrected chi connectivity index (χ2v) is 9.37. The molecule has 0 radical (unpaired) electrons. The molecule has 1 saturated heterocycles. The lowest BCUT2D eigenvalue weighted by molar-refractivity contribution is -0.119. The molecule has 8 heteroatoms. The summed E-state index contributed by atoms with van der Waals surface area (Å²) in [6.07, 6.45) is 2.71. The molecule has 0 aliphatic carbocycles. The summed E-state index contributed by atoms with van der Waals surface area (Å²) in [4.78, 5) is 24.3. The van der Waals surface area contributed by atoms with Gasteiger partial charge in [-0.05, 0) is 63.1 Å².